The van der Waals surface area contributed by atoms with Crippen LogP contribution in [0.3, 0.4) is 0 Å². The summed E-state index contributed by atoms with van der Waals surface area (Å²) in [6, 6.07) is 82.8. The predicted molar refractivity (Wildman–Crippen MR) is 257 cm³/mol. The molecule has 4 heteroatoms. The standard InChI is InChI=1S/C58H39N3O/c1-4-13-40(14-5-1)42-27-33-48(34-28-42)61(50-37-31-44(32-38-50)51-20-12-21-53-52-19-10-11-22-56(52)62-57(51)53)49-35-29-43(30-36-49)41-23-25-46(26-24-41)55-39-54(45-15-6-2-7-16-45)59-58(60-55)47-17-8-3-9-18-47/h1-39H. The van der Waals surface area contributed by atoms with Crippen molar-refractivity contribution >= 4 is 39.0 Å². The Morgan fingerprint density at radius 2 is 0.710 bits per heavy atom. The van der Waals surface area contributed by atoms with Crippen molar-refractivity contribution in [2.24, 2.45) is 0 Å². The monoisotopic (exact) mass is 793 g/mol. The molecule has 0 aliphatic heterocycles. The number of furan rings is 1. The number of anilines is 3. The van der Waals surface area contributed by atoms with Gasteiger partial charge in [0.05, 0.1) is 11.4 Å². The van der Waals surface area contributed by atoms with Crippen molar-refractivity contribution in [1.82, 2.24) is 9.97 Å². The number of nitrogens with zero attached hydrogens (tertiary/aromatic N) is 3. The molecule has 0 saturated carbocycles. The van der Waals surface area contributed by atoms with Crippen LogP contribution in [0.4, 0.5) is 17.1 Å². The van der Waals surface area contributed by atoms with E-state index in [1.165, 1.54) is 11.1 Å². The van der Waals surface area contributed by atoms with Gasteiger partial charge in [0, 0.05) is 50.1 Å². The average molecular weight is 794 g/mol. The normalized spacial score (nSPS) is 11.2. The Morgan fingerprint density at radius 3 is 1.27 bits per heavy atom. The fraction of sp³-hybridized carbons (Fsp3) is 0. The highest BCUT2D eigenvalue weighted by Crippen LogP contribution is 2.40. The molecule has 0 unspecified atom stereocenters. The van der Waals surface area contributed by atoms with Gasteiger partial charge in [0.25, 0.3) is 0 Å². The van der Waals surface area contributed by atoms with Gasteiger partial charge in [0.1, 0.15) is 11.2 Å². The van der Waals surface area contributed by atoms with Crippen LogP contribution in [0.5, 0.6) is 0 Å². The van der Waals surface area contributed by atoms with Gasteiger partial charge in [0.2, 0.25) is 0 Å². The third-order valence-electron chi connectivity index (χ3n) is 11.5. The second-order valence-corrected chi connectivity index (χ2v) is 15.4. The Balaban J connectivity index is 0.923. The van der Waals surface area contributed by atoms with Crippen molar-refractivity contribution in [2.75, 3.05) is 4.90 Å². The lowest BCUT2D eigenvalue weighted by Crippen LogP contribution is -2.09. The molecule has 0 saturated heterocycles. The summed E-state index contributed by atoms with van der Waals surface area (Å²) in [6.45, 7) is 0. The van der Waals surface area contributed by atoms with Gasteiger partial charge < -0.3 is 9.32 Å². The molecule has 4 nitrogen and oxygen atoms in total. The number of fused-ring (bicyclic) bond motifs is 3. The predicted octanol–water partition coefficient (Wildman–Crippen LogP) is 15.8. The molecule has 11 aromatic rings. The first-order valence-corrected chi connectivity index (χ1v) is 20.9. The molecule has 0 aliphatic rings. The maximum absolute atomic E-state index is 6.41. The Kier molecular flexibility index (Phi) is 9.49. The highest BCUT2D eigenvalue weighted by Gasteiger charge is 2.17. The van der Waals surface area contributed by atoms with Crippen molar-refractivity contribution in [2.45, 2.75) is 0 Å². The minimum Gasteiger partial charge on any atom is -0.455 e. The summed E-state index contributed by atoms with van der Waals surface area (Å²) in [5.74, 6) is 0.707. The molecule has 2 aromatic heterocycles. The second kappa shape index (κ2) is 16.0. The molecule has 9 aromatic carbocycles. The van der Waals surface area contributed by atoms with Crippen molar-refractivity contribution < 1.29 is 4.42 Å². The fourth-order valence-corrected chi connectivity index (χ4v) is 8.35. The number of benzene rings is 9. The first-order chi connectivity index (χ1) is 30.7. The minimum atomic E-state index is 0.707. The van der Waals surface area contributed by atoms with E-state index in [0.717, 1.165) is 89.3 Å². The maximum Gasteiger partial charge on any atom is 0.160 e. The van der Waals surface area contributed by atoms with Crippen LogP contribution < -0.4 is 4.90 Å². The van der Waals surface area contributed by atoms with E-state index in [9.17, 15) is 0 Å². The van der Waals surface area contributed by atoms with E-state index in [1.807, 2.05) is 48.5 Å². The topological polar surface area (TPSA) is 42.2 Å². The van der Waals surface area contributed by atoms with Gasteiger partial charge in [-0.3, -0.25) is 0 Å². The molecular formula is C58H39N3O. The van der Waals surface area contributed by atoms with Crippen molar-refractivity contribution in [3.8, 4) is 67.3 Å². The van der Waals surface area contributed by atoms with Crippen LogP contribution in [-0.4, -0.2) is 9.97 Å². The van der Waals surface area contributed by atoms with Gasteiger partial charge in [-0.2, -0.15) is 0 Å². The van der Waals surface area contributed by atoms with Crippen LogP contribution in [0.15, 0.2) is 241 Å². The molecule has 0 amide bonds. The summed E-state index contributed by atoms with van der Waals surface area (Å²) in [5, 5.41) is 2.26. The highest BCUT2D eigenvalue weighted by molar-refractivity contribution is 6.09. The lowest BCUT2D eigenvalue weighted by molar-refractivity contribution is 0.670. The molecule has 0 fully saturated rings. The van der Waals surface area contributed by atoms with Crippen LogP contribution in [0.2, 0.25) is 0 Å². The van der Waals surface area contributed by atoms with E-state index < -0.39 is 0 Å². The molecule has 292 valence electrons. The first kappa shape index (κ1) is 36.7. The molecule has 0 radical (unpaired) electrons. The zero-order valence-electron chi connectivity index (χ0n) is 33.8. The minimum absolute atomic E-state index is 0.707. The molecule has 2 heterocycles. The second-order valence-electron chi connectivity index (χ2n) is 15.4. The molecular weight excluding hydrogens is 755 g/mol. The van der Waals surface area contributed by atoms with Gasteiger partial charge in [0.15, 0.2) is 5.82 Å². The molecule has 11 rings (SSSR count). The van der Waals surface area contributed by atoms with E-state index in [4.69, 9.17) is 14.4 Å². The average Bonchev–Trinajstić information content (AvgIpc) is 3.75. The number of hydrogen-bond acceptors (Lipinski definition) is 4. The molecule has 0 bridgehead atoms. The van der Waals surface area contributed by atoms with Crippen molar-refractivity contribution in [3.05, 3.63) is 237 Å². The summed E-state index contributed by atoms with van der Waals surface area (Å²) >= 11 is 0. The quantitative estimate of drug-likeness (QED) is 0.146. The first-order valence-electron chi connectivity index (χ1n) is 20.9. The van der Waals surface area contributed by atoms with Gasteiger partial charge in [-0.15, -0.1) is 0 Å². The van der Waals surface area contributed by atoms with E-state index in [0.29, 0.717) is 5.82 Å². The number of para-hydroxylation sites is 2. The Morgan fingerprint density at radius 1 is 0.306 bits per heavy atom. The zero-order valence-corrected chi connectivity index (χ0v) is 33.8. The van der Waals surface area contributed by atoms with Crippen molar-refractivity contribution in [1.29, 1.82) is 0 Å². The molecule has 0 spiro atoms. The van der Waals surface area contributed by atoms with Gasteiger partial charge >= 0.3 is 0 Å². The van der Waals surface area contributed by atoms with E-state index >= 15 is 0 Å². The summed E-state index contributed by atoms with van der Waals surface area (Å²) in [5.41, 5.74) is 16.7. The van der Waals surface area contributed by atoms with E-state index in [2.05, 4.69) is 193 Å². The van der Waals surface area contributed by atoms with Crippen molar-refractivity contribution in [3.63, 3.8) is 0 Å². The Bertz CT molecular complexity index is 3230. The third kappa shape index (κ3) is 7.10. The summed E-state index contributed by atoms with van der Waals surface area (Å²) in [4.78, 5) is 12.3. The fourth-order valence-electron chi connectivity index (χ4n) is 8.35. The van der Waals surface area contributed by atoms with Crippen LogP contribution >= 0.6 is 0 Å². The van der Waals surface area contributed by atoms with Gasteiger partial charge in [-0.25, -0.2) is 9.97 Å². The van der Waals surface area contributed by atoms with Gasteiger partial charge in [-0.1, -0.05) is 188 Å². The van der Waals surface area contributed by atoms with Crippen LogP contribution in [0, 0.1) is 0 Å². The SMILES string of the molecule is c1ccc(-c2ccc(N(c3ccc(-c4ccc(-c5cc(-c6ccccc6)nc(-c6ccccc6)n5)cc4)cc3)c3ccc(-c4cccc5c4oc4ccccc45)cc3)cc2)cc1. The third-order valence-corrected chi connectivity index (χ3v) is 11.5. The molecule has 0 aliphatic carbocycles. The van der Waals surface area contributed by atoms with Crippen LogP contribution in [0.1, 0.15) is 0 Å². The number of rotatable bonds is 9. The summed E-state index contributed by atoms with van der Waals surface area (Å²) < 4.78 is 6.41. The van der Waals surface area contributed by atoms with Crippen LogP contribution in [-0.2, 0) is 0 Å². The molecule has 0 N–H and O–H groups in total. The zero-order chi connectivity index (χ0) is 41.2. The highest BCUT2D eigenvalue weighted by atomic mass is 16.3. The van der Waals surface area contributed by atoms with E-state index in [1.54, 1.807) is 0 Å². The summed E-state index contributed by atoms with van der Waals surface area (Å²) in [7, 11) is 0. The largest absolute Gasteiger partial charge is 0.455 e. The Hall–Kier alpha value is -8.34. The smallest absolute Gasteiger partial charge is 0.160 e. The van der Waals surface area contributed by atoms with E-state index in [-0.39, 0.29) is 0 Å². The van der Waals surface area contributed by atoms with Crippen LogP contribution in [0.25, 0.3) is 89.2 Å². The lowest BCUT2D eigenvalue weighted by Gasteiger charge is -2.26. The van der Waals surface area contributed by atoms with Gasteiger partial charge in [-0.05, 0) is 76.3 Å². The summed E-state index contributed by atoms with van der Waals surface area (Å²) in [6.07, 6.45) is 0. The number of aromatic nitrogens is 2. The molecule has 62 heavy (non-hydrogen) atoms. The Labute approximate surface area is 360 Å². The maximum atomic E-state index is 6.41. The number of hydrogen-bond donors (Lipinski definition) is 0. The lowest BCUT2D eigenvalue weighted by atomic mass is 10.0. The molecule has 0 atom stereocenters.